The van der Waals surface area contributed by atoms with Crippen LogP contribution in [-0.2, 0) is 4.79 Å². The number of ketones is 1. The summed E-state index contributed by atoms with van der Waals surface area (Å²) in [6.07, 6.45) is 0. The van der Waals surface area contributed by atoms with Crippen molar-refractivity contribution in [2.24, 2.45) is 11.8 Å². The van der Waals surface area contributed by atoms with Crippen LogP contribution >= 0.6 is 15.9 Å². The van der Waals surface area contributed by atoms with Gasteiger partial charge in [0.1, 0.15) is 5.78 Å². The smallest absolute Gasteiger partial charge is 0.148 e. The molecule has 2 nitrogen and oxygen atoms in total. The van der Waals surface area contributed by atoms with Gasteiger partial charge in [0.2, 0.25) is 0 Å². The van der Waals surface area contributed by atoms with Crippen LogP contribution in [0.5, 0.6) is 0 Å². The largest absolute Gasteiger partial charge is 0.305 e. The molecule has 64 valence electrons. The van der Waals surface area contributed by atoms with Gasteiger partial charge in [-0.05, 0) is 13.0 Å². The maximum Gasteiger partial charge on any atom is 0.148 e. The molecule has 1 heterocycles. The summed E-state index contributed by atoms with van der Waals surface area (Å²) in [7, 11) is 2.07. The molecule has 1 saturated heterocycles. The first kappa shape index (κ1) is 9.20. The van der Waals surface area contributed by atoms with Crippen LogP contribution in [0.1, 0.15) is 6.92 Å². The molecule has 1 rings (SSSR count). The highest BCUT2D eigenvalue weighted by Crippen LogP contribution is 2.22. The lowest BCUT2D eigenvalue weighted by atomic mass is 9.95. The Morgan fingerprint density at radius 1 is 1.64 bits per heavy atom. The molecule has 0 spiro atoms. The second kappa shape index (κ2) is 3.68. The van der Waals surface area contributed by atoms with E-state index in [0.29, 0.717) is 17.0 Å². The average molecular weight is 220 g/mol. The lowest BCUT2D eigenvalue weighted by molar-refractivity contribution is -0.120. The van der Waals surface area contributed by atoms with Crippen molar-refractivity contribution < 1.29 is 4.79 Å². The van der Waals surface area contributed by atoms with Crippen LogP contribution in [0.2, 0.25) is 0 Å². The van der Waals surface area contributed by atoms with E-state index in [4.69, 9.17) is 0 Å². The van der Waals surface area contributed by atoms with Crippen LogP contribution in [0.4, 0.5) is 0 Å². The maximum atomic E-state index is 11.3. The molecule has 0 saturated carbocycles. The molecule has 0 aromatic heterocycles. The number of carbonyl (C=O) groups excluding carboxylic acids is 1. The van der Waals surface area contributed by atoms with E-state index in [-0.39, 0.29) is 5.92 Å². The van der Waals surface area contributed by atoms with Crippen molar-refractivity contribution in [1.82, 2.24) is 4.90 Å². The monoisotopic (exact) mass is 219 g/mol. The highest BCUT2D eigenvalue weighted by Gasteiger charge is 2.31. The highest BCUT2D eigenvalue weighted by atomic mass is 79.9. The SMILES string of the molecule is C[C@@H]1CN(C)C[C@@H]1C(=O)CBr. The van der Waals surface area contributed by atoms with E-state index in [1.165, 1.54) is 0 Å². The van der Waals surface area contributed by atoms with Gasteiger partial charge < -0.3 is 4.90 Å². The second-order valence-corrected chi connectivity index (χ2v) is 3.97. The van der Waals surface area contributed by atoms with Gasteiger partial charge in [-0.3, -0.25) is 4.79 Å². The van der Waals surface area contributed by atoms with Crippen molar-refractivity contribution in [3.63, 3.8) is 0 Å². The lowest BCUT2D eigenvalue weighted by Gasteiger charge is -2.09. The topological polar surface area (TPSA) is 20.3 Å². The van der Waals surface area contributed by atoms with E-state index < -0.39 is 0 Å². The molecule has 1 aliphatic rings. The zero-order valence-corrected chi connectivity index (χ0v) is 8.60. The van der Waals surface area contributed by atoms with Gasteiger partial charge in [-0.15, -0.1) is 0 Å². The minimum atomic E-state index is 0.263. The van der Waals surface area contributed by atoms with Gasteiger partial charge >= 0.3 is 0 Å². The third-order valence-corrected chi connectivity index (χ3v) is 2.89. The van der Waals surface area contributed by atoms with E-state index in [0.717, 1.165) is 13.1 Å². The molecule has 0 unspecified atom stereocenters. The maximum absolute atomic E-state index is 11.3. The number of rotatable bonds is 2. The van der Waals surface area contributed by atoms with E-state index in [9.17, 15) is 4.79 Å². The summed E-state index contributed by atoms with van der Waals surface area (Å²) in [5.41, 5.74) is 0. The number of halogens is 1. The van der Waals surface area contributed by atoms with Crippen LogP contribution in [0.15, 0.2) is 0 Å². The molecule has 0 N–H and O–H groups in total. The van der Waals surface area contributed by atoms with E-state index in [1.807, 2.05) is 0 Å². The first-order valence-corrected chi connectivity index (χ1v) is 5.04. The number of carbonyl (C=O) groups is 1. The number of hydrogen-bond donors (Lipinski definition) is 0. The number of likely N-dealkylation sites (tertiary alicyclic amines) is 1. The number of Topliss-reactive ketones (excluding diaryl/α,β-unsaturated/α-hetero) is 1. The van der Waals surface area contributed by atoms with Gasteiger partial charge in [0.15, 0.2) is 0 Å². The van der Waals surface area contributed by atoms with Gasteiger partial charge in [-0.2, -0.15) is 0 Å². The van der Waals surface area contributed by atoms with Gasteiger partial charge in [-0.25, -0.2) is 0 Å². The van der Waals surface area contributed by atoms with Crippen molar-refractivity contribution in [2.75, 3.05) is 25.5 Å². The minimum absolute atomic E-state index is 0.263. The minimum Gasteiger partial charge on any atom is -0.305 e. The second-order valence-electron chi connectivity index (χ2n) is 3.40. The van der Waals surface area contributed by atoms with Gasteiger partial charge in [-0.1, -0.05) is 22.9 Å². The fourth-order valence-electron chi connectivity index (χ4n) is 1.73. The van der Waals surface area contributed by atoms with Crippen LogP contribution in [0.3, 0.4) is 0 Å². The normalized spacial score (nSPS) is 32.6. The number of alkyl halides is 1. The Balaban J connectivity index is 2.52. The van der Waals surface area contributed by atoms with E-state index in [2.05, 4.69) is 34.8 Å². The summed E-state index contributed by atoms with van der Waals surface area (Å²) < 4.78 is 0. The summed E-state index contributed by atoms with van der Waals surface area (Å²) >= 11 is 3.20. The predicted molar refractivity (Wildman–Crippen MR) is 49.0 cm³/mol. The molecule has 1 fully saturated rings. The summed E-state index contributed by atoms with van der Waals surface area (Å²) in [6.45, 7) is 4.14. The first-order chi connectivity index (χ1) is 5.15. The number of nitrogens with zero attached hydrogens (tertiary/aromatic N) is 1. The summed E-state index contributed by atoms with van der Waals surface area (Å²) in [6, 6.07) is 0. The molecular weight excluding hydrogens is 206 g/mol. The highest BCUT2D eigenvalue weighted by molar-refractivity contribution is 9.09. The summed E-state index contributed by atoms with van der Waals surface area (Å²) in [5.74, 6) is 1.14. The number of hydrogen-bond acceptors (Lipinski definition) is 2. The molecular formula is C8H14BrNO. The molecule has 3 heteroatoms. The van der Waals surface area contributed by atoms with Crippen molar-refractivity contribution in [3.05, 3.63) is 0 Å². The molecule has 0 aromatic rings. The Labute approximate surface area is 76.1 Å². The van der Waals surface area contributed by atoms with Crippen LogP contribution < -0.4 is 0 Å². The zero-order chi connectivity index (χ0) is 8.43. The lowest BCUT2D eigenvalue weighted by Crippen LogP contribution is -2.22. The third kappa shape index (κ3) is 2.03. The van der Waals surface area contributed by atoms with Crippen LogP contribution in [0, 0.1) is 11.8 Å². The third-order valence-electron chi connectivity index (χ3n) is 2.34. The molecule has 0 radical (unpaired) electrons. The molecule has 0 aliphatic carbocycles. The Kier molecular flexibility index (Phi) is 3.07. The van der Waals surface area contributed by atoms with Crippen LogP contribution in [0.25, 0.3) is 0 Å². The van der Waals surface area contributed by atoms with Gasteiger partial charge in [0, 0.05) is 19.0 Å². The van der Waals surface area contributed by atoms with Crippen LogP contribution in [-0.4, -0.2) is 36.2 Å². The van der Waals surface area contributed by atoms with Crippen molar-refractivity contribution in [3.8, 4) is 0 Å². The molecule has 1 aliphatic heterocycles. The molecule has 2 atom stereocenters. The zero-order valence-electron chi connectivity index (χ0n) is 7.01. The fraction of sp³-hybridized carbons (Fsp3) is 0.875. The van der Waals surface area contributed by atoms with E-state index in [1.54, 1.807) is 0 Å². The Hall–Kier alpha value is 0.110. The average Bonchev–Trinajstić information content (AvgIpc) is 2.28. The summed E-state index contributed by atoms with van der Waals surface area (Å²) in [4.78, 5) is 13.5. The Bertz CT molecular complexity index is 160. The van der Waals surface area contributed by atoms with Crippen molar-refractivity contribution >= 4 is 21.7 Å². The van der Waals surface area contributed by atoms with Crippen molar-refractivity contribution in [1.29, 1.82) is 0 Å². The molecule has 0 amide bonds. The van der Waals surface area contributed by atoms with Gasteiger partial charge in [0.05, 0.1) is 5.33 Å². The predicted octanol–water partition coefficient (Wildman–Crippen LogP) is 1.15. The molecule has 11 heavy (non-hydrogen) atoms. The first-order valence-electron chi connectivity index (χ1n) is 3.92. The van der Waals surface area contributed by atoms with Gasteiger partial charge in [0.25, 0.3) is 0 Å². The fourth-order valence-corrected chi connectivity index (χ4v) is 2.14. The summed E-state index contributed by atoms with van der Waals surface area (Å²) in [5, 5.41) is 0.510. The Morgan fingerprint density at radius 2 is 2.27 bits per heavy atom. The standard InChI is InChI=1S/C8H14BrNO/c1-6-4-10(2)5-7(6)8(11)3-9/h6-7H,3-5H2,1-2H3/t6-,7+/m1/s1. The van der Waals surface area contributed by atoms with E-state index >= 15 is 0 Å². The molecule has 0 aromatic carbocycles. The van der Waals surface area contributed by atoms with Crippen molar-refractivity contribution in [2.45, 2.75) is 6.92 Å². The molecule has 0 bridgehead atoms. The quantitative estimate of drug-likeness (QED) is 0.650. The Morgan fingerprint density at radius 3 is 2.64 bits per heavy atom.